The molecule has 57 heavy (non-hydrogen) atoms. The van der Waals surface area contributed by atoms with Gasteiger partial charge in [0.15, 0.2) is 11.3 Å². The Morgan fingerprint density at radius 1 is 1.00 bits per heavy atom. The summed E-state index contributed by atoms with van der Waals surface area (Å²) < 4.78 is 110. The lowest BCUT2D eigenvalue weighted by molar-refractivity contribution is -0.175. The minimum Gasteiger partial charge on any atom is -0.484 e. The number of amides is 4. The standard InChI is InChI=1S/C38H36F5N5O8S/c39-20-8-12-26-24(14-20)31(32-30(44-26)25-15-21(40)9-13-29(25)56-32)55-22-16-28-33(49)46-37(35(51)47-57(53,54)23-10-11-23)17-19(37)6-4-2-1-3-5-7-27(34(50)48(28)18-22)45-36(52)38(41,42)43/h4,6,8-9,12-15,19,22-23,27-28H,1-3,5,7,10-11,16-18H2,(H,45,52)(H,46,49)(H,47,51)/b6-4-/t19-,22-,27+,28+,37-/m1/s1. The van der Waals surface area contributed by atoms with Crippen LogP contribution >= 0.6 is 0 Å². The zero-order valence-corrected chi connectivity index (χ0v) is 30.9. The van der Waals surface area contributed by atoms with Crippen molar-refractivity contribution in [3.63, 3.8) is 0 Å². The molecule has 8 rings (SSSR count). The van der Waals surface area contributed by atoms with E-state index in [9.17, 15) is 49.5 Å². The maximum Gasteiger partial charge on any atom is 0.471 e. The Bertz CT molecular complexity index is 2470. The Morgan fingerprint density at radius 2 is 1.74 bits per heavy atom. The Morgan fingerprint density at radius 3 is 2.47 bits per heavy atom. The van der Waals surface area contributed by atoms with Gasteiger partial charge in [0.2, 0.25) is 21.8 Å². The number of rotatable bonds is 6. The summed E-state index contributed by atoms with van der Waals surface area (Å²) in [5, 5.41) is 4.10. The average Bonchev–Trinajstić information content (AvgIpc) is 4.05. The van der Waals surface area contributed by atoms with E-state index < -0.39 is 92.9 Å². The monoisotopic (exact) mass is 817 g/mol. The number of carbonyl (C=O) groups is 4. The number of halogens is 5. The van der Waals surface area contributed by atoms with Crippen molar-refractivity contribution in [3.05, 3.63) is 60.2 Å². The van der Waals surface area contributed by atoms with E-state index in [2.05, 4.69) is 15.0 Å². The van der Waals surface area contributed by atoms with Crippen molar-refractivity contribution in [1.29, 1.82) is 0 Å². The van der Waals surface area contributed by atoms with Gasteiger partial charge >= 0.3 is 12.1 Å². The second kappa shape index (κ2) is 14.2. The minimum atomic E-state index is -5.32. The molecule has 2 saturated carbocycles. The van der Waals surface area contributed by atoms with Gasteiger partial charge in [0.05, 0.1) is 17.3 Å². The molecule has 3 fully saturated rings. The first-order valence-electron chi connectivity index (χ1n) is 18.5. The van der Waals surface area contributed by atoms with E-state index in [1.54, 1.807) is 17.5 Å². The topological polar surface area (TPSA) is 177 Å². The summed E-state index contributed by atoms with van der Waals surface area (Å²) in [6, 6.07) is 4.16. The van der Waals surface area contributed by atoms with Gasteiger partial charge < -0.3 is 24.7 Å². The van der Waals surface area contributed by atoms with E-state index in [1.165, 1.54) is 24.3 Å². The number of carbonyl (C=O) groups excluding carboxylic acids is 4. The molecule has 2 aliphatic carbocycles. The summed E-state index contributed by atoms with van der Waals surface area (Å²) >= 11 is 0. The second-order valence-corrected chi connectivity index (χ2v) is 17.0. The zero-order valence-electron chi connectivity index (χ0n) is 30.0. The summed E-state index contributed by atoms with van der Waals surface area (Å²) in [4.78, 5) is 60.0. The van der Waals surface area contributed by atoms with Crippen LogP contribution in [0.5, 0.6) is 5.75 Å². The summed E-state index contributed by atoms with van der Waals surface area (Å²) in [6.07, 6.45) is -0.973. The minimum absolute atomic E-state index is 0.00985. The van der Waals surface area contributed by atoms with Crippen molar-refractivity contribution in [2.75, 3.05) is 6.54 Å². The molecule has 4 aliphatic rings. The van der Waals surface area contributed by atoms with Crippen LogP contribution in [-0.4, -0.2) is 83.6 Å². The van der Waals surface area contributed by atoms with Crippen LogP contribution < -0.4 is 20.1 Å². The molecular formula is C38H36F5N5O8S. The molecule has 0 radical (unpaired) electrons. The molecule has 13 nitrogen and oxygen atoms in total. The fourth-order valence-corrected chi connectivity index (χ4v) is 9.09. The van der Waals surface area contributed by atoms with Gasteiger partial charge in [-0.15, -0.1) is 0 Å². The highest BCUT2D eigenvalue weighted by atomic mass is 32.2. The van der Waals surface area contributed by atoms with Gasteiger partial charge in [-0.1, -0.05) is 25.0 Å². The number of nitrogens with zero attached hydrogens (tertiary/aromatic N) is 2. The number of hydrogen-bond acceptors (Lipinski definition) is 9. The molecule has 4 heterocycles. The summed E-state index contributed by atoms with van der Waals surface area (Å²) in [5.74, 6) is -7.20. The highest BCUT2D eigenvalue weighted by Crippen LogP contribution is 2.46. The zero-order chi connectivity index (χ0) is 40.4. The number of allylic oxidation sites excluding steroid dienone is 1. The maximum atomic E-state index is 14.7. The van der Waals surface area contributed by atoms with Gasteiger partial charge in [0.25, 0.3) is 5.91 Å². The first kappa shape index (κ1) is 38.5. The highest BCUT2D eigenvalue weighted by Gasteiger charge is 2.62. The van der Waals surface area contributed by atoms with Crippen molar-refractivity contribution >= 4 is 66.6 Å². The summed E-state index contributed by atoms with van der Waals surface area (Å²) in [6.45, 7) is -0.427. The van der Waals surface area contributed by atoms with Gasteiger partial charge in [-0.25, -0.2) is 22.2 Å². The Balaban J connectivity index is 1.17. The number of nitrogens with one attached hydrogen (secondary N) is 3. The van der Waals surface area contributed by atoms with Crippen molar-refractivity contribution in [1.82, 2.24) is 25.2 Å². The third-order valence-electron chi connectivity index (χ3n) is 11.0. The van der Waals surface area contributed by atoms with Crippen LogP contribution in [0.1, 0.15) is 57.8 Å². The van der Waals surface area contributed by atoms with Crippen LogP contribution in [-0.2, 0) is 29.2 Å². The summed E-state index contributed by atoms with van der Waals surface area (Å²) in [7, 11) is -4.04. The number of alkyl halides is 3. The molecule has 0 spiro atoms. The summed E-state index contributed by atoms with van der Waals surface area (Å²) in [5.41, 5.74) is -1.12. The molecule has 302 valence electrons. The van der Waals surface area contributed by atoms with E-state index in [4.69, 9.17) is 9.15 Å². The molecule has 2 aromatic heterocycles. The van der Waals surface area contributed by atoms with Crippen LogP contribution in [0.3, 0.4) is 0 Å². The van der Waals surface area contributed by atoms with Crippen molar-refractivity contribution < 1.29 is 58.7 Å². The van der Waals surface area contributed by atoms with E-state index >= 15 is 0 Å². The Labute approximate surface area is 321 Å². The third-order valence-corrected chi connectivity index (χ3v) is 12.8. The number of ether oxygens (including phenoxy) is 1. The van der Waals surface area contributed by atoms with E-state index in [-0.39, 0.29) is 64.4 Å². The number of benzene rings is 2. The number of furan rings is 1. The molecule has 2 aliphatic heterocycles. The van der Waals surface area contributed by atoms with Crippen molar-refractivity contribution in [2.45, 2.75) is 92.9 Å². The smallest absolute Gasteiger partial charge is 0.471 e. The van der Waals surface area contributed by atoms with Crippen LogP contribution in [0.2, 0.25) is 0 Å². The third kappa shape index (κ3) is 7.48. The fraction of sp³-hybridized carbons (Fsp3) is 0.447. The van der Waals surface area contributed by atoms with Crippen molar-refractivity contribution in [3.8, 4) is 5.75 Å². The highest BCUT2D eigenvalue weighted by molar-refractivity contribution is 7.91. The van der Waals surface area contributed by atoms with E-state index in [1.807, 2.05) is 0 Å². The first-order chi connectivity index (χ1) is 27.0. The first-order valence-corrected chi connectivity index (χ1v) is 20.1. The molecule has 4 amide bonds. The number of aromatic nitrogens is 1. The van der Waals surface area contributed by atoms with Gasteiger partial charge in [-0.3, -0.25) is 23.9 Å². The van der Waals surface area contributed by atoms with Crippen LogP contribution in [0.25, 0.3) is 33.0 Å². The molecule has 0 unspecified atom stereocenters. The molecule has 4 aromatic rings. The lowest BCUT2D eigenvalue weighted by Crippen LogP contribution is -2.58. The Kier molecular flexibility index (Phi) is 9.63. The van der Waals surface area contributed by atoms with Crippen LogP contribution in [0, 0.1) is 17.6 Å². The second-order valence-electron chi connectivity index (χ2n) is 15.0. The number of sulfonamides is 1. The quantitative estimate of drug-likeness (QED) is 0.182. The average molecular weight is 818 g/mol. The SMILES string of the molecule is O=C1N[C@]2(C(=O)NS(=O)(=O)C3CC3)C[C@H]2/C=C\CCCCC[C@H](NC(=O)C(F)(F)F)C(=O)N2C[C@H](Oc3c4cc(F)ccc4nc4c3oc3ccc(F)cc34)C[C@@H]12. The molecular weight excluding hydrogens is 782 g/mol. The molecule has 0 bridgehead atoms. The molecule has 3 N–H and O–H groups in total. The molecule has 2 aromatic carbocycles. The largest absolute Gasteiger partial charge is 0.484 e. The van der Waals surface area contributed by atoms with E-state index in [0.717, 1.165) is 17.0 Å². The van der Waals surface area contributed by atoms with Crippen LogP contribution in [0.4, 0.5) is 22.0 Å². The van der Waals surface area contributed by atoms with Gasteiger partial charge in [0, 0.05) is 23.1 Å². The van der Waals surface area contributed by atoms with Crippen molar-refractivity contribution in [2.24, 2.45) is 5.92 Å². The normalized spacial score (nSPS) is 26.6. The number of pyridine rings is 1. The van der Waals surface area contributed by atoms with E-state index in [0.29, 0.717) is 32.1 Å². The molecule has 19 heteroatoms. The number of hydrogen-bond donors (Lipinski definition) is 3. The molecule has 5 atom stereocenters. The Hall–Kier alpha value is -5.33. The van der Waals surface area contributed by atoms with Gasteiger partial charge in [-0.05, 0) is 74.9 Å². The fourth-order valence-electron chi connectivity index (χ4n) is 7.72. The predicted octanol–water partition coefficient (Wildman–Crippen LogP) is 4.81. The lowest BCUT2D eigenvalue weighted by Gasteiger charge is -2.30. The number of fused-ring (bicyclic) bond motifs is 6. The predicted molar refractivity (Wildman–Crippen MR) is 193 cm³/mol. The lowest BCUT2D eigenvalue weighted by atomic mass is 10.0. The van der Waals surface area contributed by atoms with Gasteiger partial charge in [0.1, 0.15) is 46.5 Å². The maximum absolute atomic E-state index is 14.7. The molecule has 1 saturated heterocycles. The van der Waals surface area contributed by atoms with Crippen LogP contribution in [0.15, 0.2) is 53.0 Å². The van der Waals surface area contributed by atoms with Gasteiger partial charge in [-0.2, -0.15) is 13.2 Å².